The Morgan fingerprint density at radius 2 is 1.83 bits per heavy atom. The molecule has 2 unspecified atom stereocenters. The van der Waals surface area contributed by atoms with Gasteiger partial charge in [-0.05, 0) is 54.5 Å². The van der Waals surface area contributed by atoms with E-state index in [9.17, 15) is 32.7 Å². The first-order chi connectivity index (χ1) is 16.6. The number of aromatic hydroxyl groups is 1. The maximum Gasteiger partial charge on any atom is 0.573 e. The molecule has 11 heteroatoms. The lowest BCUT2D eigenvalue weighted by Gasteiger charge is -2.33. The summed E-state index contributed by atoms with van der Waals surface area (Å²) in [5.41, 5.74) is 0.652. The Bertz CT molecular complexity index is 1150. The fourth-order valence-corrected chi connectivity index (χ4v) is 4.00. The molecule has 0 saturated carbocycles. The highest BCUT2D eigenvalue weighted by Gasteiger charge is 2.42. The minimum absolute atomic E-state index is 0.0162. The summed E-state index contributed by atoms with van der Waals surface area (Å²) in [5, 5.41) is 12.2. The number of rotatable bonds is 6. The Morgan fingerprint density at radius 3 is 2.49 bits per heavy atom. The largest absolute Gasteiger partial charge is 0.573 e. The molecule has 2 aromatic carbocycles. The zero-order chi connectivity index (χ0) is 25.2. The van der Waals surface area contributed by atoms with Crippen LogP contribution in [0.25, 0.3) is 0 Å². The van der Waals surface area contributed by atoms with Crippen molar-refractivity contribution in [2.75, 3.05) is 13.2 Å². The lowest BCUT2D eigenvalue weighted by atomic mass is 10.00. The summed E-state index contributed by atoms with van der Waals surface area (Å²) in [5.74, 6) is -1.51. The molecule has 0 aliphatic carbocycles. The van der Waals surface area contributed by atoms with E-state index in [4.69, 9.17) is 4.74 Å². The van der Waals surface area contributed by atoms with Gasteiger partial charge in [0.25, 0.3) is 5.91 Å². The summed E-state index contributed by atoms with van der Waals surface area (Å²) in [6.45, 7) is 0.120. The molecular formula is C24H21F3N2O6. The van der Waals surface area contributed by atoms with E-state index in [1.54, 1.807) is 18.2 Å². The van der Waals surface area contributed by atoms with Crippen molar-refractivity contribution in [2.24, 2.45) is 0 Å². The van der Waals surface area contributed by atoms with Crippen LogP contribution in [0.1, 0.15) is 22.3 Å². The van der Waals surface area contributed by atoms with Gasteiger partial charge in [0.05, 0.1) is 0 Å². The van der Waals surface area contributed by atoms with E-state index >= 15 is 0 Å². The van der Waals surface area contributed by atoms with Crippen LogP contribution >= 0.6 is 0 Å². The molecule has 0 bridgehead atoms. The van der Waals surface area contributed by atoms with Crippen LogP contribution in [0.5, 0.6) is 11.5 Å². The molecule has 4 rings (SSSR count). The van der Waals surface area contributed by atoms with Gasteiger partial charge in [-0.15, -0.1) is 13.2 Å². The lowest BCUT2D eigenvalue weighted by Crippen LogP contribution is -2.55. The molecule has 2 heterocycles. The molecule has 2 aliphatic heterocycles. The van der Waals surface area contributed by atoms with Gasteiger partial charge in [-0.3, -0.25) is 14.4 Å². The second-order valence-electron chi connectivity index (χ2n) is 8.05. The van der Waals surface area contributed by atoms with Gasteiger partial charge in [0.2, 0.25) is 5.91 Å². The molecule has 0 spiro atoms. The van der Waals surface area contributed by atoms with Crippen LogP contribution in [0.15, 0.2) is 60.4 Å². The van der Waals surface area contributed by atoms with Crippen LogP contribution < -0.4 is 10.1 Å². The van der Waals surface area contributed by atoms with E-state index in [1.807, 2.05) is 0 Å². The quantitative estimate of drug-likeness (QED) is 0.645. The number of alkyl halides is 3. The topological polar surface area (TPSA) is 105 Å². The maximum absolute atomic E-state index is 13.5. The molecule has 1 saturated heterocycles. The molecule has 2 N–H and O–H groups in total. The maximum atomic E-state index is 13.5. The zero-order valence-electron chi connectivity index (χ0n) is 18.2. The minimum atomic E-state index is -4.87. The summed E-state index contributed by atoms with van der Waals surface area (Å²) in [6.07, 6.45) is -2.57. The standard InChI is InChI=1S/C24H21F3N2O6/c25-24(26,27)35-17-9-5-15(6-10-17)22(32)28-18(12-14-3-7-16(30)8-4-14)23(33)29-11-1-2-20-21(29)19(31)13-34-20/h2-10,18,21,30H,1,11-13H2,(H,28,32). The minimum Gasteiger partial charge on any atom is -0.508 e. The first-order valence-corrected chi connectivity index (χ1v) is 10.7. The number of ketones is 1. The van der Waals surface area contributed by atoms with Crippen molar-refractivity contribution in [3.05, 3.63) is 71.5 Å². The lowest BCUT2D eigenvalue weighted by molar-refractivity contribution is -0.274. The van der Waals surface area contributed by atoms with Gasteiger partial charge in [0, 0.05) is 18.5 Å². The monoisotopic (exact) mass is 490 g/mol. The van der Waals surface area contributed by atoms with Crippen molar-refractivity contribution in [2.45, 2.75) is 31.3 Å². The molecule has 8 nitrogen and oxygen atoms in total. The van der Waals surface area contributed by atoms with Crippen molar-refractivity contribution < 1.29 is 42.1 Å². The number of fused-ring (bicyclic) bond motifs is 1. The average Bonchev–Trinajstić information content (AvgIpc) is 3.20. The molecule has 2 atom stereocenters. The van der Waals surface area contributed by atoms with Gasteiger partial charge >= 0.3 is 6.36 Å². The van der Waals surface area contributed by atoms with Crippen LogP contribution in [-0.4, -0.2) is 59.2 Å². The normalized spacial score (nSPS) is 18.3. The summed E-state index contributed by atoms with van der Waals surface area (Å²) < 4.78 is 46.4. The van der Waals surface area contributed by atoms with E-state index in [1.165, 1.54) is 17.0 Å². The van der Waals surface area contributed by atoms with Crippen molar-refractivity contribution in [1.82, 2.24) is 10.2 Å². The number of amides is 2. The average molecular weight is 490 g/mol. The molecule has 2 aromatic rings. The Balaban J connectivity index is 1.55. The highest BCUT2D eigenvalue weighted by Crippen LogP contribution is 2.27. The van der Waals surface area contributed by atoms with Gasteiger partial charge < -0.3 is 24.8 Å². The third-order valence-electron chi connectivity index (χ3n) is 5.60. The molecule has 184 valence electrons. The highest BCUT2D eigenvalue weighted by atomic mass is 19.4. The van der Waals surface area contributed by atoms with E-state index in [0.29, 0.717) is 17.7 Å². The zero-order valence-corrected chi connectivity index (χ0v) is 18.2. The van der Waals surface area contributed by atoms with E-state index < -0.39 is 36.0 Å². The van der Waals surface area contributed by atoms with Gasteiger partial charge in [0.1, 0.15) is 29.9 Å². The third-order valence-corrected chi connectivity index (χ3v) is 5.60. The highest BCUT2D eigenvalue weighted by molar-refractivity contribution is 6.00. The smallest absolute Gasteiger partial charge is 0.508 e. The molecule has 0 aromatic heterocycles. The fourth-order valence-electron chi connectivity index (χ4n) is 4.00. The number of nitrogens with one attached hydrogen (secondary N) is 1. The van der Waals surface area contributed by atoms with Gasteiger partial charge in [0.15, 0.2) is 11.8 Å². The summed E-state index contributed by atoms with van der Waals surface area (Å²) in [6, 6.07) is 8.41. The van der Waals surface area contributed by atoms with Crippen molar-refractivity contribution in [3.8, 4) is 11.5 Å². The number of hydrogen-bond acceptors (Lipinski definition) is 6. The van der Waals surface area contributed by atoms with Crippen molar-refractivity contribution in [1.29, 1.82) is 0 Å². The van der Waals surface area contributed by atoms with Gasteiger partial charge in [-0.1, -0.05) is 12.1 Å². The number of carbonyl (C=O) groups excluding carboxylic acids is 3. The van der Waals surface area contributed by atoms with Crippen molar-refractivity contribution in [3.63, 3.8) is 0 Å². The third kappa shape index (κ3) is 5.73. The molecular weight excluding hydrogens is 469 g/mol. The number of nitrogens with zero attached hydrogens (tertiary/aromatic N) is 1. The fraction of sp³-hybridized carbons (Fsp3) is 0.292. The summed E-state index contributed by atoms with van der Waals surface area (Å²) in [7, 11) is 0. The van der Waals surface area contributed by atoms with Gasteiger partial charge in [-0.25, -0.2) is 0 Å². The number of Topliss-reactive ketones (excluding diaryl/α,β-unsaturated/α-hetero) is 1. The summed E-state index contributed by atoms with van der Waals surface area (Å²) >= 11 is 0. The van der Waals surface area contributed by atoms with Crippen LogP contribution in [0.3, 0.4) is 0 Å². The Hall–Kier alpha value is -4.02. The molecule has 1 fully saturated rings. The van der Waals surface area contributed by atoms with E-state index in [0.717, 1.165) is 24.3 Å². The second kappa shape index (κ2) is 9.69. The van der Waals surface area contributed by atoms with Crippen molar-refractivity contribution >= 4 is 17.6 Å². The molecule has 0 radical (unpaired) electrons. The van der Waals surface area contributed by atoms with E-state index in [2.05, 4.69) is 10.1 Å². The number of benzene rings is 2. The SMILES string of the molecule is O=C(NC(Cc1ccc(O)cc1)C(=O)N1CCC=C2OCC(=O)C21)c1ccc(OC(F)(F)F)cc1. The number of phenolic OH excluding ortho intramolecular Hbond substituents is 1. The number of hydrogen-bond donors (Lipinski definition) is 2. The molecule has 35 heavy (non-hydrogen) atoms. The molecule has 2 aliphatic rings. The second-order valence-corrected chi connectivity index (χ2v) is 8.05. The number of halogens is 3. The first-order valence-electron chi connectivity index (χ1n) is 10.7. The van der Waals surface area contributed by atoms with Crippen LogP contribution in [0.4, 0.5) is 13.2 Å². The molecule has 2 amide bonds. The first kappa shape index (κ1) is 24.1. The Kier molecular flexibility index (Phi) is 6.68. The predicted octanol–water partition coefficient (Wildman–Crippen LogP) is 2.72. The predicted molar refractivity (Wildman–Crippen MR) is 115 cm³/mol. The number of carbonyl (C=O) groups is 3. The van der Waals surface area contributed by atoms with E-state index in [-0.39, 0.29) is 36.7 Å². The van der Waals surface area contributed by atoms with Gasteiger partial charge in [-0.2, -0.15) is 0 Å². The summed E-state index contributed by atoms with van der Waals surface area (Å²) in [4.78, 5) is 40.1. The Labute approximate surface area is 197 Å². The van der Waals surface area contributed by atoms with Crippen LogP contribution in [0.2, 0.25) is 0 Å². The van der Waals surface area contributed by atoms with Crippen LogP contribution in [-0.2, 0) is 20.7 Å². The number of ether oxygens (including phenoxy) is 2. The Morgan fingerprint density at radius 1 is 1.14 bits per heavy atom. The van der Waals surface area contributed by atoms with Crippen LogP contribution in [0, 0.1) is 0 Å². The number of phenols is 1.